The average molecular weight is 288 g/mol. The summed E-state index contributed by atoms with van der Waals surface area (Å²) in [7, 11) is 0. The minimum Gasteiger partial charge on any atom is -0.480 e. The number of carbonyl (C=O) groups is 2. The molecule has 110 valence electrons. The number of aromatic amines is 1. The highest BCUT2D eigenvalue weighted by atomic mass is 16.4. The van der Waals surface area contributed by atoms with Crippen molar-refractivity contribution in [3.63, 3.8) is 0 Å². The molecule has 2 N–H and O–H groups in total. The minimum absolute atomic E-state index is 0.0264. The predicted molar refractivity (Wildman–Crippen MR) is 76.1 cm³/mol. The molecule has 0 radical (unpaired) electrons. The number of rotatable bonds is 3. The van der Waals surface area contributed by atoms with Crippen LogP contribution in [-0.2, 0) is 4.79 Å². The number of carboxylic acids is 1. The molecule has 3 rings (SSSR count). The monoisotopic (exact) mass is 288 g/mol. The van der Waals surface area contributed by atoms with Gasteiger partial charge < -0.3 is 10.0 Å². The summed E-state index contributed by atoms with van der Waals surface area (Å²) in [5, 5.41) is 16.5. The van der Waals surface area contributed by atoms with Gasteiger partial charge in [0.1, 0.15) is 0 Å². The lowest BCUT2D eigenvalue weighted by Crippen LogP contribution is -2.49. The molecule has 1 aromatic heterocycles. The second kappa shape index (κ2) is 5.53. The fourth-order valence-corrected chi connectivity index (χ4v) is 2.55. The van der Waals surface area contributed by atoms with Gasteiger partial charge in [0, 0.05) is 37.1 Å². The molecule has 0 unspecified atom stereocenters. The maximum absolute atomic E-state index is 12.5. The van der Waals surface area contributed by atoms with Gasteiger partial charge in [-0.15, -0.1) is 0 Å². The van der Waals surface area contributed by atoms with Gasteiger partial charge in [0.25, 0.3) is 5.91 Å². The fraction of sp³-hybridized carbons (Fsp3) is 0.357. The van der Waals surface area contributed by atoms with Crippen molar-refractivity contribution in [2.24, 2.45) is 0 Å². The van der Waals surface area contributed by atoms with Crippen LogP contribution in [0.15, 0.2) is 24.4 Å². The zero-order valence-corrected chi connectivity index (χ0v) is 11.5. The number of aliphatic carboxylic acids is 1. The van der Waals surface area contributed by atoms with E-state index in [2.05, 4.69) is 10.2 Å². The Bertz CT molecular complexity index is 674. The normalized spacial score (nSPS) is 16.3. The molecule has 0 atom stereocenters. The number of fused-ring (bicyclic) bond motifs is 1. The first-order valence-electron chi connectivity index (χ1n) is 6.80. The zero-order chi connectivity index (χ0) is 14.8. The summed E-state index contributed by atoms with van der Waals surface area (Å²) in [4.78, 5) is 26.7. The van der Waals surface area contributed by atoms with Crippen molar-refractivity contribution >= 4 is 22.8 Å². The van der Waals surface area contributed by atoms with E-state index in [9.17, 15) is 9.59 Å². The molecule has 0 bridgehead atoms. The van der Waals surface area contributed by atoms with Gasteiger partial charge in [0.05, 0.1) is 18.3 Å². The quantitative estimate of drug-likeness (QED) is 0.853. The van der Waals surface area contributed by atoms with E-state index in [1.165, 1.54) is 0 Å². The molecule has 0 saturated carbocycles. The number of hydrogen-bond acceptors (Lipinski definition) is 4. The maximum Gasteiger partial charge on any atom is 0.317 e. The number of H-pyrrole nitrogens is 1. The summed E-state index contributed by atoms with van der Waals surface area (Å²) >= 11 is 0. The Morgan fingerprint density at radius 1 is 1.24 bits per heavy atom. The van der Waals surface area contributed by atoms with Gasteiger partial charge in [-0.1, -0.05) is 6.07 Å². The lowest BCUT2D eigenvalue weighted by atomic mass is 10.1. The van der Waals surface area contributed by atoms with Gasteiger partial charge in [-0.3, -0.25) is 19.6 Å². The number of nitrogens with zero attached hydrogens (tertiary/aromatic N) is 3. The lowest BCUT2D eigenvalue weighted by Gasteiger charge is -2.33. The van der Waals surface area contributed by atoms with Gasteiger partial charge in [-0.2, -0.15) is 5.10 Å². The van der Waals surface area contributed by atoms with Gasteiger partial charge in [0.2, 0.25) is 0 Å². The summed E-state index contributed by atoms with van der Waals surface area (Å²) in [6.07, 6.45) is 1.72. The van der Waals surface area contributed by atoms with Crippen molar-refractivity contribution in [3.8, 4) is 0 Å². The van der Waals surface area contributed by atoms with Crippen LogP contribution >= 0.6 is 0 Å². The van der Waals surface area contributed by atoms with E-state index in [4.69, 9.17) is 5.11 Å². The zero-order valence-electron chi connectivity index (χ0n) is 11.5. The standard InChI is InChI=1S/C14H16N4O3/c19-13(20)9-17-3-5-18(6-4-17)14(21)10-1-2-11-8-15-16-12(11)7-10/h1-2,7-8H,3-6,9H2,(H,15,16)(H,19,20). The molecule has 1 aliphatic heterocycles. The largest absolute Gasteiger partial charge is 0.480 e. The van der Waals surface area contributed by atoms with Gasteiger partial charge in [-0.05, 0) is 12.1 Å². The van der Waals surface area contributed by atoms with Crippen LogP contribution in [0.2, 0.25) is 0 Å². The number of carbonyl (C=O) groups excluding carboxylic acids is 1. The molecule has 1 aromatic carbocycles. The van der Waals surface area contributed by atoms with E-state index in [-0.39, 0.29) is 12.5 Å². The van der Waals surface area contributed by atoms with Gasteiger partial charge >= 0.3 is 5.97 Å². The third kappa shape index (κ3) is 2.87. The van der Waals surface area contributed by atoms with E-state index < -0.39 is 5.97 Å². The van der Waals surface area contributed by atoms with Gasteiger partial charge in [-0.25, -0.2) is 0 Å². The molecule has 2 heterocycles. The number of benzene rings is 1. The number of piperazine rings is 1. The average Bonchev–Trinajstić information content (AvgIpc) is 2.94. The molecule has 7 nitrogen and oxygen atoms in total. The smallest absolute Gasteiger partial charge is 0.317 e. The third-order valence-electron chi connectivity index (χ3n) is 3.71. The first-order valence-corrected chi connectivity index (χ1v) is 6.80. The highest BCUT2D eigenvalue weighted by molar-refractivity contribution is 5.97. The molecular weight excluding hydrogens is 272 g/mol. The molecule has 7 heteroatoms. The first-order chi connectivity index (χ1) is 10.1. The molecular formula is C14H16N4O3. The number of carboxylic acid groups (broad SMARTS) is 1. The fourth-order valence-electron chi connectivity index (χ4n) is 2.55. The molecule has 1 aliphatic rings. The minimum atomic E-state index is -0.834. The predicted octanol–water partition coefficient (Wildman–Crippen LogP) is 0.405. The number of amides is 1. The molecule has 21 heavy (non-hydrogen) atoms. The van der Waals surface area contributed by atoms with E-state index in [0.29, 0.717) is 31.7 Å². The number of nitrogens with one attached hydrogen (secondary N) is 1. The summed E-state index contributed by atoms with van der Waals surface area (Å²) in [6.45, 7) is 2.30. The topological polar surface area (TPSA) is 89.5 Å². The van der Waals surface area contributed by atoms with Crippen LogP contribution in [0.5, 0.6) is 0 Å². The second-order valence-electron chi connectivity index (χ2n) is 5.13. The van der Waals surface area contributed by atoms with Crippen molar-refractivity contribution in [1.29, 1.82) is 0 Å². The van der Waals surface area contributed by atoms with Crippen LogP contribution in [0.4, 0.5) is 0 Å². The van der Waals surface area contributed by atoms with Crippen molar-refractivity contribution in [2.75, 3.05) is 32.7 Å². The molecule has 0 spiro atoms. The second-order valence-corrected chi connectivity index (χ2v) is 5.13. The Kier molecular flexibility index (Phi) is 3.57. The highest BCUT2D eigenvalue weighted by Gasteiger charge is 2.23. The SMILES string of the molecule is O=C(O)CN1CCN(C(=O)c2ccc3cn[nH]c3c2)CC1. The van der Waals surface area contributed by atoms with Crippen molar-refractivity contribution in [2.45, 2.75) is 0 Å². The van der Waals surface area contributed by atoms with Crippen LogP contribution in [0, 0.1) is 0 Å². The Morgan fingerprint density at radius 3 is 2.71 bits per heavy atom. The van der Waals surface area contributed by atoms with Crippen LogP contribution in [0.1, 0.15) is 10.4 Å². The Labute approximate surface area is 121 Å². The summed E-state index contributed by atoms with van der Waals surface area (Å²) < 4.78 is 0. The van der Waals surface area contributed by atoms with E-state index in [1.54, 1.807) is 23.2 Å². The Hall–Kier alpha value is -2.41. The molecule has 1 saturated heterocycles. The van der Waals surface area contributed by atoms with Crippen LogP contribution in [0.25, 0.3) is 10.9 Å². The van der Waals surface area contributed by atoms with Gasteiger partial charge in [0.15, 0.2) is 0 Å². The van der Waals surface area contributed by atoms with E-state index in [1.807, 2.05) is 11.0 Å². The number of aromatic nitrogens is 2. The van der Waals surface area contributed by atoms with Crippen molar-refractivity contribution in [3.05, 3.63) is 30.0 Å². The third-order valence-corrected chi connectivity index (χ3v) is 3.71. The maximum atomic E-state index is 12.5. The summed E-state index contributed by atoms with van der Waals surface area (Å²) in [5.41, 5.74) is 1.46. The lowest BCUT2D eigenvalue weighted by molar-refractivity contribution is -0.138. The Balaban J connectivity index is 1.67. The molecule has 2 aromatic rings. The van der Waals surface area contributed by atoms with E-state index in [0.717, 1.165) is 10.9 Å². The van der Waals surface area contributed by atoms with Crippen molar-refractivity contribution in [1.82, 2.24) is 20.0 Å². The van der Waals surface area contributed by atoms with Crippen molar-refractivity contribution < 1.29 is 14.7 Å². The molecule has 1 fully saturated rings. The molecule has 0 aliphatic carbocycles. The Morgan fingerprint density at radius 2 is 2.00 bits per heavy atom. The highest BCUT2D eigenvalue weighted by Crippen LogP contribution is 2.15. The van der Waals surface area contributed by atoms with E-state index >= 15 is 0 Å². The van der Waals surface area contributed by atoms with Crippen LogP contribution in [-0.4, -0.2) is 69.7 Å². The summed E-state index contributed by atoms with van der Waals surface area (Å²) in [5.74, 6) is -0.860. The molecule has 1 amide bonds. The van der Waals surface area contributed by atoms with Crippen LogP contribution < -0.4 is 0 Å². The number of hydrogen-bond donors (Lipinski definition) is 2. The summed E-state index contributed by atoms with van der Waals surface area (Å²) in [6, 6.07) is 5.46. The first kappa shape index (κ1) is 13.6. The van der Waals surface area contributed by atoms with Crippen LogP contribution in [0.3, 0.4) is 0 Å².